The summed E-state index contributed by atoms with van der Waals surface area (Å²) in [6.45, 7) is 2.42. The summed E-state index contributed by atoms with van der Waals surface area (Å²) < 4.78 is 0. The second-order valence-electron chi connectivity index (χ2n) is 1.45. The predicted molar refractivity (Wildman–Crippen MR) is 29.1 cm³/mol. The van der Waals surface area contributed by atoms with Crippen LogP contribution in [0.5, 0.6) is 0 Å². The maximum atomic E-state index is 9.82. The third kappa shape index (κ3) is 2.34. The average Bonchev–Trinajstić information content (AvgIpc) is 1.83. The van der Waals surface area contributed by atoms with Crippen molar-refractivity contribution in [1.29, 1.82) is 0 Å². The molecule has 46 valence electrons. The van der Waals surface area contributed by atoms with E-state index < -0.39 is 0 Å². The van der Waals surface area contributed by atoms with Crippen LogP contribution in [0.1, 0.15) is 13.3 Å². The van der Waals surface area contributed by atoms with Crippen LogP contribution in [0.25, 0.3) is 0 Å². The van der Waals surface area contributed by atoms with E-state index in [0.717, 1.165) is 11.3 Å². The lowest BCUT2D eigenvalue weighted by Gasteiger charge is -2.03. The highest BCUT2D eigenvalue weighted by Gasteiger charge is 1.92. The van der Waals surface area contributed by atoms with Gasteiger partial charge in [-0.05, 0) is 6.42 Å². The number of amides is 2. The van der Waals surface area contributed by atoms with Crippen molar-refractivity contribution in [3.05, 3.63) is 0 Å². The van der Waals surface area contributed by atoms with Crippen molar-refractivity contribution in [2.45, 2.75) is 13.3 Å². The Kier molecular flexibility index (Phi) is 3.84. The SMILES string of the molecule is CCCN(C=O)C=O. The molecule has 2 amide bonds. The second kappa shape index (κ2) is 4.30. The van der Waals surface area contributed by atoms with Crippen LogP contribution in [0.15, 0.2) is 0 Å². The van der Waals surface area contributed by atoms with Crippen LogP contribution < -0.4 is 0 Å². The molecule has 0 atom stereocenters. The first kappa shape index (κ1) is 7.14. The zero-order valence-corrected chi connectivity index (χ0v) is 4.83. The number of carbonyl (C=O) groups excluding carboxylic acids is 2. The molecule has 0 rings (SSSR count). The second-order valence-corrected chi connectivity index (χ2v) is 1.45. The van der Waals surface area contributed by atoms with E-state index in [1.807, 2.05) is 6.92 Å². The van der Waals surface area contributed by atoms with Crippen LogP contribution in [-0.4, -0.2) is 24.3 Å². The lowest BCUT2D eigenvalue weighted by Crippen LogP contribution is -2.19. The molecule has 0 saturated carbocycles. The topological polar surface area (TPSA) is 37.4 Å². The fourth-order valence-electron chi connectivity index (χ4n) is 0.388. The maximum absolute atomic E-state index is 9.82. The number of hydrogen-bond acceptors (Lipinski definition) is 2. The lowest BCUT2D eigenvalue weighted by molar-refractivity contribution is -0.129. The van der Waals surface area contributed by atoms with E-state index in [-0.39, 0.29) is 0 Å². The molecule has 0 spiro atoms. The van der Waals surface area contributed by atoms with E-state index in [2.05, 4.69) is 0 Å². The third-order valence-electron chi connectivity index (χ3n) is 0.753. The van der Waals surface area contributed by atoms with Gasteiger partial charge in [0, 0.05) is 6.54 Å². The first-order valence-electron chi connectivity index (χ1n) is 2.51. The molecule has 0 aromatic rings. The number of nitrogens with zero attached hydrogens (tertiary/aromatic N) is 1. The van der Waals surface area contributed by atoms with Gasteiger partial charge in [0.15, 0.2) is 0 Å². The largest absolute Gasteiger partial charge is 0.288 e. The van der Waals surface area contributed by atoms with Crippen molar-refractivity contribution in [2.75, 3.05) is 6.54 Å². The van der Waals surface area contributed by atoms with Crippen LogP contribution in [0, 0.1) is 0 Å². The lowest BCUT2D eigenvalue weighted by atomic mass is 10.5. The van der Waals surface area contributed by atoms with Gasteiger partial charge in [0.2, 0.25) is 12.8 Å². The fraction of sp³-hybridized carbons (Fsp3) is 0.600. The van der Waals surface area contributed by atoms with Gasteiger partial charge in [-0.1, -0.05) is 6.92 Å². The summed E-state index contributed by atoms with van der Waals surface area (Å²) >= 11 is 0. The van der Waals surface area contributed by atoms with Gasteiger partial charge in [0.05, 0.1) is 0 Å². The molecule has 0 aromatic heterocycles. The predicted octanol–water partition coefficient (Wildman–Crippen LogP) is 0.0112. The smallest absolute Gasteiger partial charge is 0.216 e. The summed E-state index contributed by atoms with van der Waals surface area (Å²) in [6.07, 6.45) is 1.87. The van der Waals surface area contributed by atoms with Gasteiger partial charge in [-0.2, -0.15) is 0 Å². The molecule has 0 aliphatic rings. The Bertz CT molecular complexity index is 74.5. The van der Waals surface area contributed by atoms with Gasteiger partial charge in [0.1, 0.15) is 0 Å². The summed E-state index contributed by atoms with van der Waals surface area (Å²) in [4.78, 5) is 20.7. The number of imide groups is 1. The standard InChI is InChI=1S/C5H9NO2/c1-2-3-6(4-7)5-8/h4-5H,2-3H2,1H3. The summed E-state index contributed by atoms with van der Waals surface area (Å²) in [5, 5.41) is 0. The van der Waals surface area contributed by atoms with Crippen LogP contribution >= 0.6 is 0 Å². The van der Waals surface area contributed by atoms with Crippen molar-refractivity contribution in [2.24, 2.45) is 0 Å². The molecule has 8 heavy (non-hydrogen) atoms. The molecule has 0 saturated heterocycles. The highest BCUT2D eigenvalue weighted by atomic mass is 16.2. The van der Waals surface area contributed by atoms with E-state index in [1.54, 1.807) is 0 Å². The Labute approximate surface area is 48.3 Å². The first-order chi connectivity index (χ1) is 3.85. The molecule has 3 nitrogen and oxygen atoms in total. The molecule has 0 N–H and O–H groups in total. The Morgan fingerprint density at radius 2 is 1.88 bits per heavy atom. The van der Waals surface area contributed by atoms with Crippen molar-refractivity contribution in [3.63, 3.8) is 0 Å². The van der Waals surface area contributed by atoms with Gasteiger partial charge in [0.25, 0.3) is 0 Å². The first-order valence-corrected chi connectivity index (χ1v) is 2.51. The molecule has 0 aromatic carbocycles. The third-order valence-corrected chi connectivity index (χ3v) is 0.753. The summed E-state index contributed by atoms with van der Waals surface area (Å²) in [5.74, 6) is 0. The molecule has 0 heterocycles. The molecule has 0 aliphatic heterocycles. The van der Waals surface area contributed by atoms with Gasteiger partial charge in [-0.15, -0.1) is 0 Å². The quantitative estimate of drug-likeness (QED) is 0.484. The Morgan fingerprint density at radius 3 is 2.00 bits per heavy atom. The zero-order valence-electron chi connectivity index (χ0n) is 4.83. The van der Waals surface area contributed by atoms with Crippen LogP contribution in [0.2, 0.25) is 0 Å². The van der Waals surface area contributed by atoms with Gasteiger partial charge in [-0.3, -0.25) is 14.5 Å². The zero-order chi connectivity index (χ0) is 6.41. The Balaban J connectivity index is 3.35. The minimum absolute atomic E-state index is 0.521. The minimum Gasteiger partial charge on any atom is -0.288 e. The summed E-state index contributed by atoms with van der Waals surface area (Å²) in [7, 11) is 0. The minimum atomic E-state index is 0.521. The number of rotatable bonds is 4. The van der Waals surface area contributed by atoms with Crippen molar-refractivity contribution in [3.8, 4) is 0 Å². The average molecular weight is 115 g/mol. The normalized spacial score (nSPS) is 8.12. The molecule has 0 bridgehead atoms. The maximum Gasteiger partial charge on any atom is 0.216 e. The molecular formula is C5H9NO2. The van der Waals surface area contributed by atoms with Crippen molar-refractivity contribution in [1.82, 2.24) is 4.90 Å². The van der Waals surface area contributed by atoms with Crippen LogP contribution in [0.4, 0.5) is 0 Å². The van der Waals surface area contributed by atoms with E-state index in [1.165, 1.54) is 0 Å². The van der Waals surface area contributed by atoms with Gasteiger partial charge < -0.3 is 0 Å². The molecule has 0 unspecified atom stereocenters. The number of hydrogen-bond donors (Lipinski definition) is 0. The monoisotopic (exact) mass is 115 g/mol. The van der Waals surface area contributed by atoms with E-state index in [4.69, 9.17) is 0 Å². The van der Waals surface area contributed by atoms with E-state index in [9.17, 15) is 9.59 Å². The Hall–Kier alpha value is -0.860. The van der Waals surface area contributed by atoms with Crippen LogP contribution in [0.3, 0.4) is 0 Å². The van der Waals surface area contributed by atoms with Crippen LogP contribution in [-0.2, 0) is 9.59 Å². The summed E-state index contributed by atoms with van der Waals surface area (Å²) in [5.41, 5.74) is 0. The molecule has 0 radical (unpaired) electrons. The highest BCUT2D eigenvalue weighted by Crippen LogP contribution is 1.78. The summed E-state index contributed by atoms with van der Waals surface area (Å²) in [6, 6.07) is 0. The fourth-order valence-corrected chi connectivity index (χ4v) is 0.388. The van der Waals surface area contributed by atoms with Crippen molar-refractivity contribution < 1.29 is 9.59 Å². The van der Waals surface area contributed by atoms with Crippen molar-refractivity contribution >= 4 is 12.8 Å². The molecule has 0 aliphatic carbocycles. The van der Waals surface area contributed by atoms with Gasteiger partial charge in [-0.25, -0.2) is 0 Å². The van der Waals surface area contributed by atoms with E-state index in [0.29, 0.717) is 19.4 Å². The Morgan fingerprint density at radius 1 is 1.38 bits per heavy atom. The number of carbonyl (C=O) groups is 2. The molecular weight excluding hydrogens is 106 g/mol. The molecule has 0 fully saturated rings. The highest BCUT2D eigenvalue weighted by molar-refractivity contribution is 5.68. The van der Waals surface area contributed by atoms with E-state index >= 15 is 0 Å². The molecule has 3 heteroatoms. The van der Waals surface area contributed by atoms with Gasteiger partial charge >= 0.3 is 0 Å².